The summed E-state index contributed by atoms with van der Waals surface area (Å²) in [5.74, 6) is -0.444. The summed E-state index contributed by atoms with van der Waals surface area (Å²) in [5.41, 5.74) is 5.12. The summed E-state index contributed by atoms with van der Waals surface area (Å²) in [6, 6.07) is 9.37. The highest BCUT2D eigenvalue weighted by Crippen LogP contribution is 2.40. The van der Waals surface area contributed by atoms with Crippen molar-refractivity contribution in [3.8, 4) is 22.4 Å². The van der Waals surface area contributed by atoms with E-state index in [-0.39, 0.29) is 5.91 Å². The lowest BCUT2D eigenvalue weighted by Crippen LogP contribution is -2.25. The van der Waals surface area contributed by atoms with E-state index >= 15 is 0 Å². The Labute approximate surface area is 187 Å². The van der Waals surface area contributed by atoms with Gasteiger partial charge in [-0.25, -0.2) is 4.98 Å². The Balaban J connectivity index is 1.35. The van der Waals surface area contributed by atoms with Crippen molar-refractivity contribution >= 4 is 5.91 Å². The minimum atomic E-state index is -0.527. The number of aromatic nitrogens is 3. The summed E-state index contributed by atoms with van der Waals surface area (Å²) in [6.45, 7) is 3.90. The van der Waals surface area contributed by atoms with Gasteiger partial charge in [-0.15, -0.1) is 0 Å². The van der Waals surface area contributed by atoms with E-state index in [1.54, 1.807) is 6.07 Å². The van der Waals surface area contributed by atoms with Crippen LogP contribution in [0.3, 0.4) is 0 Å². The SMILES string of the molecule is CC1(Cn2cc(-c3ccc(F)nc3-c3ccc4c(c3)C(=O)N(C3CC3)C4)cn2)CCCC1. The second-order valence-electron chi connectivity index (χ2n) is 10.0. The molecule has 0 atom stereocenters. The maximum atomic E-state index is 14.2. The highest BCUT2D eigenvalue weighted by molar-refractivity contribution is 6.00. The van der Waals surface area contributed by atoms with Crippen LogP contribution in [0.4, 0.5) is 4.39 Å². The van der Waals surface area contributed by atoms with Crippen LogP contribution in [0.1, 0.15) is 61.4 Å². The lowest BCUT2D eigenvalue weighted by molar-refractivity contribution is 0.0766. The monoisotopic (exact) mass is 430 g/mol. The minimum absolute atomic E-state index is 0.0833. The van der Waals surface area contributed by atoms with Crippen molar-refractivity contribution in [1.82, 2.24) is 19.7 Å². The van der Waals surface area contributed by atoms with Gasteiger partial charge in [-0.1, -0.05) is 31.9 Å². The molecule has 0 bridgehead atoms. The lowest BCUT2D eigenvalue weighted by Gasteiger charge is -2.22. The highest BCUT2D eigenvalue weighted by atomic mass is 19.1. The molecule has 1 aliphatic heterocycles. The fourth-order valence-corrected chi connectivity index (χ4v) is 5.41. The third-order valence-corrected chi connectivity index (χ3v) is 7.36. The molecule has 5 nitrogen and oxygen atoms in total. The third kappa shape index (κ3) is 3.42. The molecule has 32 heavy (non-hydrogen) atoms. The topological polar surface area (TPSA) is 51.0 Å². The predicted molar refractivity (Wildman–Crippen MR) is 120 cm³/mol. The number of hydrogen-bond acceptors (Lipinski definition) is 3. The summed E-state index contributed by atoms with van der Waals surface area (Å²) in [5, 5.41) is 4.60. The molecule has 2 saturated carbocycles. The van der Waals surface area contributed by atoms with Gasteiger partial charge in [0.1, 0.15) is 0 Å². The number of carbonyl (C=O) groups excluding carboxylic acids is 1. The number of halogens is 1. The lowest BCUT2D eigenvalue weighted by atomic mass is 9.89. The van der Waals surface area contributed by atoms with Crippen LogP contribution in [0.15, 0.2) is 42.7 Å². The largest absolute Gasteiger partial charge is 0.331 e. The van der Waals surface area contributed by atoms with E-state index < -0.39 is 5.95 Å². The molecule has 1 amide bonds. The van der Waals surface area contributed by atoms with E-state index in [0.29, 0.717) is 23.7 Å². The summed E-state index contributed by atoms with van der Waals surface area (Å²) >= 11 is 0. The molecule has 2 aromatic heterocycles. The van der Waals surface area contributed by atoms with Gasteiger partial charge in [0.25, 0.3) is 5.91 Å². The van der Waals surface area contributed by atoms with Gasteiger partial charge in [0.15, 0.2) is 0 Å². The summed E-state index contributed by atoms with van der Waals surface area (Å²) in [6.07, 6.45) is 11.1. The Morgan fingerprint density at radius 2 is 1.91 bits per heavy atom. The van der Waals surface area contributed by atoms with Crippen molar-refractivity contribution < 1.29 is 9.18 Å². The fourth-order valence-electron chi connectivity index (χ4n) is 5.41. The number of fused-ring (bicyclic) bond motifs is 1. The van der Waals surface area contributed by atoms with Crippen LogP contribution in [0.25, 0.3) is 22.4 Å². The number of nitrogens with zero attached hydrogens (tertiary/aromatic N) is 4. The molecular weight excluding hydrogens is 403 g/mol. The molecule has 3 heterocycles. The molecule has 3 aromatic rings. The second kappa shape index (κ2) is 7.26. The zero-order chi connectivity index (χ0) is 21.9. The van der Waals surface area contributed by atoms with E-state index in [1.165, 1.54) is 31.7 Å². The van der Waals surface area contributed by atoms with Gasteiger partial charge in [0, 0.05) is 47.6 Å². The molecule has 0 spiro atoms. The van der Waals surface area contributed by atoms with Gasteiger partial charge < -0.3 is 4.90 Å². The van der Waals surface area contributed by atoms with Crippen molar-refractivity contribution in [2.45, 2.75) is 64.6 Å². The van der Waals surface area contributed by atoms with E-state index in [4.69, 9.17) is 0 Å². The molecule has 3 aliphatic rings. The molecular formula is C26H27FN4O. The van der Waals surface area contributed by atoms with Crippen molar-refractivity contribution in [3.63, 3.8) is 0 Å². The van der Waals surface area contributed by atoms with E-state index in [0.717, 1.165) is 47.2 Å². The molecule has 1 aromatic carbocycles. The van der Waals surface area contributed by atoms with Crippen LogP contribution in [-0.4, -0.2) is 31.6 Å². The van der Waals surface area contributed by atoms with Crippen LogP contribution >= 0.6 is 0 Å². The Morgan fingerprint density at radius 3 is 2.69 bits per heavy atom. The molecule has 6 rings (SSSR count). The average molecular weight is 431 g/mol. The summed E-state index contributed by atoms with van der Waals surface area (Å²) in [4.78, 5) is 19.1. The van der Waals surface area contributed by atoms with Crippen molar-refractivity contribution in [2.75, 3.05) is 0 Å². The number of benzene rings is 1. The quantitative estimate of drug-likeness (QED) is 0.506. The second-order valence-corrected chi connectivity index (χ2v) is 10.0. The van der Waals surface area contributed by atoms with Gasteiger partial charge in [0.2, 0.25) is 5.95 Å². The van der Waals surface area contributed by atoms with Crippen LogP contribution in [0.5, 0.6) is 0 Å². The van der Waals surface area contributed by atoms with E-state index in [2.05, 4.69) is 17.0 Å². The van der Waals surface area contributed by atoms with E-state index in [9.17, 15) is 9.18 Å². The van der Waals surface area contributed by atoms with Gasteiger partial charge >= 0.3 is 0 Å². The molecule has 2 fully saturated rings. The van der Waals surface area contributed by atoms with Crippen LogP contribution in [0, 0.1) is 11.4 Å². The zero-order valence-corrected chi connectivity index (χ0v) is 18.4. The molecule has 0 saturated heterocycles. The van der Waals surface area contributed by atoms with Gasteiger partial charge in [-0.3, -0.25) is 9.48 Å². The summed E-state index contributed by atoms with van der Waals surface area (Å²) in [7, 11) is 0. The number of hydrogen-bond donors (Lipinski definition) is 0. The van der Waals surface area contributed by atoms with Gasteiger partial charge in [0.05, 0.1) is 11.9 Å². The van der Waals surface area contributed by atoms with Crippen LogP contribution < -0.4 is 0 Å². The maximum Gasteiger partial charge on any atom is 0.254 e. The molecule has 6 heteroatoms. The van der Waals surface area contributed by atoms with Gasteiger partial charge in [-0.2, -0.15) is 9.49 Å². The van der Waals surface area contributed by atoms with Crippen molar-refractivity contribution in [1.29, 1.82) is 0 Å². The Bertz CT molecular complexity index is 1210. The molecule has 0 radical (unpaired) electrons. The first-order valence-electron chi connectivity index (χ1n) is 11.6. The number of amides is 1. The standard InChI is InChI=1S/C26H27FN4O/c1-26(10-2-3-11-26)16-30-14-19(13-28-30)21-8-9-23(27)29-24(21)17-4-5-18-15-31(20-6-7-20)25(32)22(18)12-17/h4-5,8-9,12-14,20H,2-3,6-7,10-11,15-16H2,1H3. The van der Waals surface area contributed by atoms with Gasteiger partial charge in [-0.05, 0) is 54.9 Å². The number of carbonyl (C=O) groups is 1. The first kappa shape index (κ1) is 19.6. The first-order valence-corrected chi connectivity index (χ1v) is 11.6. The van der Waals surface area contributed by atoms with E-state index in [1.807, 2.05) is 40.2 Å². The molecule has 2 aliphatic carbocycles. The minimum Gasteiger partial charge on any atom is -0.331 e. The predicted octanol–water partition coefficient (Wildman–Crippen LogP) is 5.45. The Hall–Kier alpha value is -3.02. The average Bonchev–Trinajstić information content (AvgIpc) is 3.23. The smallest absolute Gasteiger partial charge is 0.254 e. The first-order chi connectivity index (χ1) is 15.5. The zero-order valence-electron chi connectivity index (χ0n) is 18.4. The molecule has 0 N–H and O–H groups in total. The summed E-state index contributed by atoms with van der Waals surface area (Å²) < 4.78 is 16.2. The highest BCUT2D eigenvalue weighted by Gasteiger charge is 2.38. The fraction of sp³-hybridized carbons (Fsp3) is 0.423. The molecule has 164 valence electrons. The Morgan fingerprint density at radius 1 is 1.09 bits per heavy atom. The number of rotatable bonds is 5. The maximum absolute atomic E-state index is 14.2. The number of pyridine rings is 1. The Kier molecular flexibility index (Phi) is 4.46. The molecule has 0 unspecified atom stereocenters. The van der Waals surface area contributed by atoms with Crippen molar-refractivity contribution in [2.24, 2.45) is 5.41 Å². The van der Waals surface area contributed by atoms with Crippen molar-refractivity contribution in [3.05, 3.63) is 59.8 Å². The van der Waals surface area contributed by atoms with Crippen LogP contribution in [-0.2, 0) is 13.1 Å². The normalized spacial score (nSPS) is 19.6. The van der Waals surface area contributed by atoms with Crippen LogP contribution in [0.2, 0.25) is 0 Å². The third-order valence-electron chi connectivity index (χ3n) is 7.36.